The first-order valence-electron chi connectivity index (χ1n) is 23.2. The lowest BCUT2D eigenvalue weighted by atomic mass is 9.76. The Labute approximate surface area is 395 Å². The Bertz CT molecular complexity index is 3050. The normalized spacial score (nSPS) is 19.3. The maximum atomic E-state index is 13.2. The van der Waals surface area contributed by atoms with Gasteiger partial charge in [-0.1, -0.05) is 48.0 Å². The number of esters is 2. The summed E-state index contributed by atoms with van der Waals surface area (Å²) in [6.07, 6.45) is 3.68. The molecule has 12 nitrogen and oxygen atoms in total. The summed E-state index contributed by atoms with van der Waals surface area (Å²) in [5.74, 6) is 1.90. The number of nitrogens with zero attached hydrogens (tertiary/aromatic N) is 2. The average Bonchev–Trinajstić information content (AvgIpc) is 4.12. The number of carbonyl (C=O) groups excluding carboxylic acids is 4. The molecule has 1 fully saturated rings. The molecule has 0 saturated carbocycles. The van der Waals surface area contributed by atoms with Gasteiger partial charge in [0.2, 0.25) is 0 Å². The zero-order valence-corrected chi connectivity index (χ0v) is 39.3. The van der Waals surface area contributed by atoms with E-state index in [2.05, 4.69) is 63.2 Å². The van der Waals surface area contributed by atoms with E-state index in [0.717, 1.165) is 64.6 Å². The highest BCUT2D eigenvalue weighted by atomic mass is 16.6. The van der Waals surface area contributed by atoms with Gasteiger partial charge in [-0.05, 0) is 158 Å². The minimum absolute atomic E-state index is 0.0469. The van der Waals surface area contributed by atoms with Gasteiger partial charge >= 0.3 is 24.1 Å². The fourth-order valence-corrected chi connectivity index (χ4v) is 10.7. The van der Waals surface area contributed by atoms with Gasteiger partial charge in [0.1, 0.15) is 36.2 Å². The fraction of sp³-hybridized carbons (Fsp3) is 0.321. The molecule has 2 aliphatic carbocycles. The van der Waals surface area contributed by atoms with Crippen LogP contribution in [-0.4, -0.2) is 87.5 Å². The summed E-state index contributed by atoms with van der Waals surface area (Å²) in [7, 11) is 2.72. The molecule has 0 aromatic heterocycles. The maximum Gasteiger partial charge on any atom is 0.415 e. The van der Waals surface area contributed by atoms with Crippen LogP contribution in [0.4, 0.5) is 9.59 Å². The van der Waals surface area contributed by atoms with Crippen molar-refractivity contribution in [3.05, 3.63) is 164 Å². The number of ether oxygens (including phenoxy) is 6. The van der Waals surface area contributed by atoms with Crippen LogP contribution in [0.2, 0.25) is 0 Å². The van der Waals surface area contributed by atoms with Gasteiger partial charge in [0, 0.05) is 42.7 Å². The van der Waals surface area contributed by atoms with Crippen LogP contribution in [0.15, 0.2) is 97.1 Å². The average molecular weight is 915 g/mol. The van der Waals surface area contributed by atoms with Gasteiger partial charge in [-0.3, -0.25) is 0 Å². The molecular weight excluding hydrogens is 861 g/mol. The monoisotopic (exact) mass is 914 g/mol. The van der Waals surface area contributed by atoms with Crippen LogP contribution in [0.5, 0.6) is 23.0 Å². The van der Waals surface area contributed by atoms with Crippen LogP contribution < -0.4 is 18.9 Å². The molecular formula is C56H54N2O10. The third-order valence-corrected chi connectivity index (χ3v) is 14.7. The van der Waals surface area contributed by atoms with Crippen molar-refractivity contribution in [1.29, 1.82) is 0 Å². The molecule has 2 atom stereocenters. The summed E-state index contributed by atoms with van der Waals surface area (Å²) in [4.78, 5) is 52.6. The second-order valence-corrected chi connectivity index (χ2v) is 18.7. The van der Waals surface area contributed by atoms with Gasteiger partial charge in [0.25, 0.3) is 0 Å². The van der Waals surface area contributed by atoms with Crippen LogP contribution in [-0.2, 0) is 33.1 Å². The van der Waals surface area contributed by atoms with Gasteiger partial charge in [0.05, 0.1) is 30.8 Å². The molecule has 12 heteroatoms. The first kappa shape index (κ1) is 44.5. The summed E-state index contributed by atoms with van der Waals surface area (Å²) in [6.45, 7) is 11.0. The first-order valence-corrected chi connectivity index (χ1v) is 23.2. The summed E-state index contributed by atoms with van der Waals surface area (Å²) < 4.78 is 33.4. The quantitative estimate of drug-likeness (QED) is 0.124. The highest BCUT2D eigenvalue weighted by Gasteiger charge is 2.49. The molecule has 5 aliphatic rings. The number of amides is 2. The number of rotatable bonds is 4. The highest BCUT2D eigenvalue weighted by Crippen LogP contribution is 2.54. The largest absolute Gasteiger partial charge is 0.492 e. The third-order valence-electron chi connectivity index (χ3n) is 14.7. The zero-order valence-electron chi connectivity index (χ0n) is 39.3. The van der Waals surface area contributed by atoms with Crippen LogP contribution in [0.3, 0.4) is 0 Å². The molecule has 3 heterocycles. The highest BCUT2D eigenvalue weighted by molar-refractivity contribution is 5.99. The van der Waals surface area contributed by atoms with Crippen LogP contribution in [0.25, 0.3) is 10.8 Å². The van der Waals surface area contributed by atoms with Crippen molar-refractivity contribution in [2.24, 2.45) is 0 Å². The Morgan fingerprint density at radius 1 is 0.515 bits per heavy atom. The molecule has 1 saturated heterocycles. The van der Waals surface area contributed by atoms with Crippen molar-refractivity contribution in [2.45, 2.75) is 64.2 Å². The lowest BCUT2D eigenvalue weighted by molar-refractivity contribution is 0.0600. The van der Waals surface area contributed by atoms with Crippen molar-refractivity contribution in [3.8, 4) is 23.0 Å². The van der Waals surface area contributed by atoms with E-state index in [9.17, 15) is 19.2 Å². The van der Waals surface area contributed by atoms with Gasteiger partial charge in [-0.25, -0.2) is 19.2 Å². The summed E-state index contributed by atoms with van der Waals surface area (Å²) in [5.41, 5.74) is 12.6. The van der Waals surface area contributed by atoms with E-state index in [1.807, 2.05) is 25.1 Å². The van der Waals surface area contributed by atoms with Crippen LogP contribution >= 0.6 is 0 Å². The van der Waals surface area contributed by atoms with Gasteiger partial charge < -0.3 is 38.2 Å². The van der Waals surface area contributed by atoms with E-state index in [0.29, 0.717) is 62.0 Å². The molecule has 6 aromatic rings. The molecule has 2 spiro atoms. The number of hydrogen-bond acceptors (Lipinski definition) is 10. The number of hydrogen-bond donors (Lipinski definition) is 0. The molecule has 348 valence electrons. The third kappa shape index (κ3) is 7.75. The number of aryl methyl sites for hydroxylation is 6. The van der Waals surface area contributed by atoms with Crippen molar-refractivity contribution in [3.63, 3.8) is 0 Å². The Morgan fingerprint density at radius 2 is 1.07 bits per heavy atom. The lowest BCUT2D eigenvalue weighted by Gasteiger charge is -2.33. The topological polar surface area (TPSA) is 130 Å². The molecule has 0 bridgehead atoms. The Kier molecular flexibility index (Phi) is 11.4. The molecule has 3 aliphatic heterocycles. The standard InChI is InChI=1S/C31H26O6.C25H28N2O4/c1-17-9-24-27(10-18(17)2)35-15-31(24)16-36-28-11-19(3)26(14-25(28)31)37-30(33)23-8-6-20-12-22(29(32)34-4)7-5-21(20)13-23;1-17-3-4-18-7-9-25(21(18)15-17)10-8-19-5-6-20(16-22(19)25)31-24(29)27-13-11-26(12-14-27)23(28)30-2/h5-14H,15-16H2,1-4H3;3-6,15-16H,7-14H2,1-2H3. The van der Waals surface area contributed by atoms with Gasteiger partial charge in [0.15, 0.2) is 0 Å². The Morgan fingerprint density at radius 3 is 1.71 bits per heavy atom. The van der Waals surface area contributed by atoms with E-state index in [1.165, 1.54) is 53.2 Å². The predicted molar refractivity (Wildman–Crippen MR) is 256 cm³/mol. The first-order chi connectivity index (χ1) is 32.8. The number of methoxy groups -OCH3 is 2. The minimum atomic E-state index is -0.454. The van der Waals surface area contributed by atoms with Crippen LogP contribution in [0, 0.1) is 27.7 Å². The molecule has 2 amide bonds. The molecule has 0 N–H and O–H groups in total. The summed E-state index contributed by atoms with van der Waals surface area (Å²) >= 11 is 0. The zero-order chi connectivity index (χ0) is 47.5. The minimum Gasteiger partial charge on any atom is -0.492 e. The number of benzene rings is 6. The smallest absolute Gasteiger partial charge is 0.415 e. The second kappa shape index (κ2) is 17.4. The molecule has 6 aromatic carbocycles. The van der Waals surface area contributed by atoms with Crippen molar-refractivity contribution >= 4 is 34.9 Å². The second-order valence-electron chi connectivity index (χ2n) is 18.7. The Hall–Kier alpha value is -7.34. The Balaban J connectivity index is 0.000000161. The van der Waals surface area contributed by atoms with Gasteiger partial charge in [-0.15, -0.1) is 0 Å². The van der Waals surface area contributed by atoms with E-state index < -0.39 is 17.4 Å². The molecule has 68 heavy (non-hydrogen) atoms. The summed E-state index contributed by atoms with van der Waals surface area (Å²) in [5, 5.41) is 1.66. The number of fused-ring (bicyclic) bond motifs is 9. The summed E-state index contributed by atoms with van der Waals surface area (Å²) in [6, 6.07) is 31.5. The van der Waals surface area contributed by atoms with Crippen molar-refractivity contribution < 1.29 is 47.6 Å². The van der Waals surface area contributed by atoms with E-state index in [4.69, 9.17) is 28.4 Å². The van der Waals surface area contributed by atoms with E-state index in [-0.39, 0.29) is 17.6 Å². The number of carbonyl (C=O) groups is 4. The molecule has 2 unspecified atom stereocenters. The van der Waals surface area contributed by atoms with E-state index >= 15 is 0 Å². The fourth-order valence-electron chi connectivity index (χ4n) is 10.7. The van der Waals surface area contributed by atoms with Crippen molar-refractivity contribution in [2.75, 3.05) is 53.6 Å². The molecule has 11 rings (SSSR count). The lowest BCUT2D eigenvalue weighted by Crippen LogP contribution is -2.51. The maximum absolute atomic E-state index is 13.2. The van der Waals surface area contributed by atoms with Crippen LogP contribution in [0.1, 0.15) is 89.2 Å². The van der Waals surface area contributed by atoms with Gasteiger partial charge in [-0.2, -0.15) is 0 Å². The number of piperazine rings is 1. The SMILES string of the molecule is COC(=O)N1CCN(C(=O)Oc2ccc3c(c2)C2(CCc4ccc(C)cc42)CC3)CC1.COC(=O)c1ccc2cc(C(=O)Oc3cc4c(cc3C)OCC43COc4cc(C)c(C)cc43)ccc2c1. The van der Waals surface area contributed by atoms with Crippen molar-refractivity contribution in [1.82, 2.24) is 9.80 Å². The van der Waals surface area contributed by atoms with E-state index in [1.54, 1.807) is 46.2 Å². The molecule has 0 radical (unpaired) electrons. The predicted octanol–water partition coefficient (Wildman–Crippen LogP) is 9.90.